The quantitative estimate of drug-likeness (QED) is 0.377. The molecule has 0 bridgehead atoms. The molecule has 1 aromatic rings. The van der Waals surface area contributed by atoms with Crippen LogP contribution in [0.5, 0.6) is 0 Å². The number of carbonyl (C=O) groups is 1. The van der Waals surface area contributed by atoms with E-state index in [1.54, 1.807) is 27.4 Å². The lowest BCUT2D eigenvalue weighted by Gasteiger charge is -2.24. The maximum atomic E-state index is 11.7. The average molecular weight is 341 g/mol. The summed E-state index contributed by atoms with van der Waals surface area (Å²) in [7, 11) is 3.79. The summed E-state index contributed by atoms with van der Waals surface area (Å²) in [6.07, 6.45) is 1.67. The molecule has 1 N–H and O–H groups in total. The first-order valence-electron chi connectivity index (χ1n) is 7.65. The Labute approximate surface area is 139 Å². The zero-order valence-electron chi connectivity index (χ0n) is 14.4. The normalized spacial score (nSPS) is 11.5. The molecule has 0 saturated carbocycles. The molecule has 1 aromatic carbocycles. The van der Waals surface area contributed by atoms with Crippen molar-refractivity contribution < 1.29 is 22.8 Å². The Hall–Kier alpha value is -1.25. The Bertz CT molecular complexity index is 471. The van der Waals surface area contributed by atoms with Crippen molar-refractivity contribution >= 4 is 14.8 Å². The second-order valence-electron chi connectivity index (χ2n) is 5.05. The number of ether oxygens (including phenoxy) is 1. The summed E-state index contributed by atoms with van der Waals surface area (Å²) in [4.78, 5) is 11.7. The minimum Gasteiger partial charge on any atom is -0.465 e. The van der Waals surface area contributed by atoms with Crippen LogP contribution in [0.2, 0.25) is 6.04 Å². The van der Waals surface area contributed by atoms with Crippen molar-refractivity contribution in [1.82, 2.24) is 5.32 Å². The SMILES string of the molecule is COC(=O)c1ccccc1CCNCCC[Si](OC)(OC)OC. The van der Waals surface area contributed by atoms with Crippen LogP contribution in [-0.4, -0.2) is 56.3 Å². The van der Waals surface area contributed by atoms with Gasteiger partial charge in [0.1, 0.15) is 0 Å². The lowest BCUT2D eigenvalue weighted by Crippen LogP contribution is -2.43. The van der Waals surface area contributed by atoms with Gasteiger partial charge in [0.15, 0.2) is 0 Å². The molecule has 0 spiro atoms. The molecule has 0 aliphatic heterocycles. The van der Waals surface area contributed by atoms with E-state index in [0.717, 1.165) is 37.5 Å². The summed E-state index contributed by atoms with van der Waals surface area (Å²) in [5.41, 5.74) is 1.61. The Balaban J connectivity index is 2.35. The van der Waals surface area contributed by atoms with E-state index in [1.807, 2.05) is 18.2 Å². The van der Waals surface area contributed by atoms with E-state index in [4.69, 9.17) is 18.0 Å². The Morgan fingerprint density at radius 1 is 1.04 bits per heavy atom. The number of methoxy groups -OCH3 is 1. The van der Waals surface area contributed by atoms with Crippen LogP contribution in [0.25, 0.3) is 0 Å². The molecule has 0 heterocycles. The van der Waals surface area contributed by atoms with Gasteiger partial charge in [-0.05, 0) is 37.6 Å². The van der Waals surface area contributed by atoms with Crippen LogP contribution in [0.4, 0.5) is 0 Å². The van der Waals surface area contributed by atoms with Gasteiger partial charge in [-0.25, -0.2) is 4.79 Å². The maximum absolute atomic E-state index is 11.7. The Morgan fingerprint density at radius 2 is 1.70 bits per heavy atom. The van der Waals surface area contributed by atoms with Gasteiger partial charge in [0.2, 0.25) is 0 Å². The number of benzene rings is 1. The fourth-order valence-electron chi connectivity index (χ4n) is 2.38. The van der Waals surface area contributed by atoms with Crippen LogP contribution in [0.3, 0.4) is 0 Å². The highest BCUT2D eigenvalue weighted by Gasteiger charge is 2.36. The molecule has 0 unspecified atom stereocenters. The largest absolute Gasteiger partial charge is 0.500 e. The van der Waals surface area contributed by atoms with Gasteiger partial charge in [0.25, 0.3) is 0 Å². The molecule has 7 heteroatoms. The minimum atomic E-state index is -2.47. The minimum absolute atomic E-state index is 0.295. The van der Waals surface area contributed by atoms with Gasteiger partial charge in [-0.15, -0.1) is 0 Å². The number of hydrogen-bond donors (Lipinski definition) is 1. The van der Waals surface area contributed by atoms with Crippen LogP contribution in [0, 0.1) is 0 Å². The van der Waals surface area contributed by atoms with Crippen LogP contribution in [0.15, 0.2) is 24.3 Å². The third-order valence-electron chi connectivity index (χ3n) is 3.76. The van der Waals surface area contributed by atoms with E-state index >= 15 is 0 Å². The van der Waals surface area contributed by atoms with Crippen molar-refractivity contribution in [3.05, 3.63) is 35.4 Å². The zero-order valence-corrected chi connectivity index (χ0v) is 15.4. The first kappa shape index (κ1) is 19.8. The van der Waals surface area contributed by atoms with Gasteiger partial charge in [0.05, 0.1) is 12.7 Å². The van der Waals surface area contributed by atoms with Crippen molar-refractivity contribution in [2.75, 3.05) is 41.5 Å². The van der Waals surface area contributed by atoms with Gasteiger partial charge < -0.3 is 23.3 Å². The number of hydrogen-bond acceptors (Lipinski definition) is 6. The molecule has 1 rings (SSSR count). The molecular formula is C16H27NO5Si. The molecule has 6 nitrogen and oxygen atoms in total. The Kier molecular flexibility index (Phi) is 9.04. The highest BCUT2D eigenvalue weighted by atomic mass is 28.4. The fraction of sp³-hybridized carbons (Fsp3) is 0.562. The van der Waals surface area contributed by atoms with Crippen molar-refractivity contribution in [1.29, 1.82) is 0 Å². The molecule has 0 radical (unpaired) electrons. The molecular weight excluding hydrogens is 314 g/mol. The standard InChI is InChI=1S/C16H27NO5Si/c1-19-16(18)15-9-6-5-8-14(15)10-12-17-11-7-13-23(20-2,21-3)22-4/h5-6,8-9,17H,7,10-13H2,1-4H3. The first-order chi connectivity index (χ1) is 11.1. The lowest BCUT2D eigenvalue weighted by atomic mass is 10.0. The molecule has 0 saturated heterocycles. The van der Waals surface area contributed by atoms with Crippen molar-refractivity contribution in [3.63, 3.8) is 0 Å². The summed E-state index contributed by atoms with van der Waals surface area (Å²) in [5.74, 6) is -0.295. The van der Waals surface area contributed by atoms with E-state index in [2.05, 4.69) is 5.32 Å². The van der Waals surface area contributed by atoms with Gasteiger partial charge in [-0.3, -0.25) is 0 Å². The van der Waals surface area contributed by atoms with E-state index in [9.17, 15) is 4.79 Å². The van der Waals surface area contributed by atoms with E-state index in [0.29, 0.717) is 5.56 Å². The van der Waals surface area contributed by atoms with Gasteiger partial charge in [-0.1, -0.05) is 18.2 Å². The van der Waals surface area contributed by atoms with Crippen LogP contribution in [0.1, 0.15) is 22.3 Å². The summed E-state index contributed by atoms with van der Waals surface area (Å²) in [6.45, 7) is 1.63. The number of rotatable bonds is 11. The predicted molar refractivity (Wildman–Crippen MR) is 90.6 cm³/mol. The molecule has 130 valence electrons. The molecule has 0 amide bonds. The van der Waals surface area contributed by atoms with Crippen LogP contribution >= 0.6 is 0 Å². The van der Waals surface area contributed by atoms with Crippen molar-refractivity contribution in [3.8, 4) is 0 Å². The van der Waals surface area contributed by atoms with Gasteiger partial charge in [0, 0.05) is 27.4 Å². The summed E-state index contributed by atoms with van der Waals surface area (Å²) in [5, 5.41) is 3.37. The molecule has 0 fully saturated rings. The highest BCUT2D eigenvalue weighted by molar-refractivity contribution is 6.60. The third kappa shape index (κ3) is 6.04. The van der Waals surface area contributed by atoms with E-state index in [-0.39, 0.29) is 5.97 Å². The third-order valence-corrected chi connectivity index (χ3v) is 6.60. The topological polar surface area (TPSA) is 66.0 Å². The molecule has 0 aliphatic rings. The first-order valence-corrected chi connectivity index (χ1v) is 9.58. The Morgan fingerprint density at radius 3 is 2.30 bits per heavy atom. The highest BCUT2D eigenvalue weighted by Crippen LogP contribution is 2.14. The summed E-state index contributed by atoms with van der Waals surface area (Å²) >= 11 is 0. The molecule has 0 aromatic heterocycles. The number of carbonyl (C=O) groups excluding carboxylic acids is 1. The maximum Gasteiger partial charge on any atom is 0.500 e. The monoisotopic (exact) mass is 341 g/mol. The molecule has 0 atom stereocenters. The number of esters is 1. The average Bonchev–Trinajstić information content (AvgIpc) is 2.61. The van der Waals surface area contributed by atoms with Crippen LogP contribution in [-0.2, 0) is 24.4 Å². The summed E-state index contributed by atoms with van der Waals surface area (Å²) < 4.78 is 20.9. The van der Waals surface area contributed by atoms with Gasteiger partial charge in [-0.2, -0.15) is 0 Å². The van der Waals surface area contributed by atoms with Crippen molar-refractivity contribution in [2.45, 2.75) is 18.9 Å². The summed E-state index contributed by atoms with van der Waals surface area (Å²) in [6, 6.07) is 8.27. The van der Waals surface area contributed by atoms with E-state index in [1.165, 1.54) is 7.11 Å². The molecule has 0 aliphatic carbocycles. The van der Waals surface area contributed by atoms with Gasteiger partial charge >= 0.3 is 14.8 Å². The van der Waals surface area contributed by atoms with Crippen molar-refractivity contribution in [2.24, 2.45) is 0 Å². The number of nitrogens with one attached hydrogen (secondary N) is 1. The second kappa shape index (κ2) is 10.5. The zero-order chi connectivity index (χ0) is 17.1. The smallest absolute Gasteiger partial charge is 0.465 e. The lowest BCUT2D eigenvalue weighted by molar-refractivity contribution is 0.0599. The second-order valence-corrected chi connectivity index (χ2v) is 8.14. The predicted octanol–water partition coefficient (Wildman–Crippen LogP) is 1.87. The molecule has 23 heavy (non-hydrogen) atoms. The van der Waals surface area contributed by atoms with E-state index < -0.39 is 8.80 Å². The van der Waals surface area contributed by atoms with Crippen LogP contribution < -0.4 is 5.32 Å². The fourth-order valence-corrected chi connectivity index (χ4v) is 4.10.